The van der Waals surface area contributed by atoms with E-state index in [0.29, 0.717) is 5.92 Å². The second-order valence-corrected chi connectivity index (χ2v) is 6.37. The molecule has 1 heterocycles. The Morgan fingerprint density at radius 2 is 2.12 bits per heavy atom. The molecule has 2 saturated carbocycles. The fraction of sp³-hybridized carbons (Fsp3) is 0.692. The maximum Gasteiger partial charge on any atom is 0.315 e. The van der Waals surface area contributed by atoms with Gasteiger partial charge in [-0.25, -0.2) is 4.98 Å². The summed E-state index contributed by atoms with van der Waals surface area (Å²) in [7, 11) is 0. The van der Waals surface area contributed by atoms with E-state index < -0.39 is 11.4 Å². The lowest BCUT2D eigenvalue weighted by molar-refractivity contribution is -0.147. The Bertz CT molecular complexity index is 458. The molecule has 0 amide bonds. The van der Waals surface area contributed by atoms with Crippen molar-refractivity contribution in [2.24, 2.45) is 0 Å². The van der Waals surface area contributed by atoms with Crippen molar-refractivity contribution in [1.29, 1.82) is 0 Å². The normalized spacial score (nSPS) is 22.9. The minimum absolute atomic E-state index is 0.594. The number of aromatic nitrogens is 1. The van der Waals surface area contributed by atoms with E-state index in [-0.39, 0.29) is 0 Å². The van der Waals surface area contributed by atoms with E-state index in [0.717, 1.165) is 29.8 Å². The van der Waals surface area contributed by atoms with Crippen LogP contribution in [-0.4, -0.2) is 16.1 Å². The van der Waals surface area contributed by atoms with Crippen LogP contribution in [0.4, 0.5) is 0 Å². The van der Waals surface area contributed by atoms with Crippen molar-refractivity contribution in [3.63, 3.8) is 0 Å². The van der Waals surface area contributed by atoms with E-state index in [1.807, 2.05) is 6.92 Å². The Balaban J connectivity index is 1.96. The van der Waals surface area contributed by atoms with Crippen LogP contribution in [0, 0.1) is 6.92 Å². The number of hydrogen-bond donors (Lipinski definition) is 1. The van der Waals surface area contributed by atoms with Gasteiger partial charge in [-0.2, -0.15) is 0 Å². The first-order chi connectivity index (χ1) is 8.13. The molecule has 17 heavy (non-hydrogen) atoms. The predicted octanol–water partition coefficient (Wildman–Crippen LogP) is 3.23. The van der Waals surface area contributed by atoms with Crippen LogP contribution in [0.5, 0.6) is 0 Å². The molecule has 0 atom stereocenters. The summed E-state index contributed by atoms with van der Waals surface area (Å²) < 4.78 is 0. The summed E-state index contributed by atoms with van der Waals surface area (Å²) in [6, 6.07) is 0. The fourth-order valence-electron chi connectivity index (χ4n) is 2.76. The van der Waals surface area contributed by atoms with Crippen molar-refractivity contribution in [2.45, 2.75) is 56.8 Å². The number of hydrogen-bond acceptors (Lipinski definition) is 3. The lowest BCUT2D eigenvalue weighted by Crippen LogP contribution is -2.42. The third kappa shape index (κ3) is 1.53. The molecule has 2 aliphatic carbocycles. The van der Waals surface area contributed by atoms with Gasteiger partial charge in [0.25, 0.3) is 0 Å². The smallest absolute Gasteiger partial charge is 0.315 e. The summed E-state index contributed by atoms with van der Waals surface area (Å²) in [5.74, 6) is -0.0472. The summed E-state index contributed by atoms with van der Waals surface area (Å²) in [4.78, 5) is 17.1. The highest BCUT2D eigenvalue weighted by atomic mass is 32.1. The van der Waals surface area contributed by atoms with Crippen LogP contribution in [0.3, 0.4) is 0 Å². The SMILES string of the molecule is Cc1nc(C2CCC2)sc1C1(C(=O)O)CCC1. The Hall–Kier alpha value is -0.900. The minimum atomic E-state index is -0.657. The number of thiazole rings is 1. The van der Waals surface area contributed by atoms with E-state index >= 15 is 0 Å². The zero-order chi connectivity index (χ0) is 12.0. The summed E-state index contributed by atoms with van der Waals surface area (Å²) in [6.07, 6.45) is 6.36. The molecule has 2 fully saturated rings. The van der Waals surface area contributed by atoms with Gasteiger partial charge in [-0.3, -0.25) is 4.79 Å². The maximum absolute atomic E-state index is 11.5. The summed E-state index contributed by atoms with van der Waals surface area (Å²) in [5.41, 5.74) is 0.364. The molecule has 4 heteroatoms. The molecule has 0 unspecified atom stereocenters. The zero-order valence-corrected chi connectivity index (χ0v) is 10.8. The first-order valence-corrected chi connectivity index (χ1v) is 7.16. The highest BCUT2D eigenvalue weighted by Crippen LogP contribution is 2.49. The van der Waals surface area contributed by atoms with Gasteiger partial charge in [0.1, 0.15) is 5.41 Å². The maximum atomic E-state index is 11.5. The Morgan fingerprint density at radius 3 is 2.53 bits per heavy atom. The lowest BCUT2D eigenvalue weighted by atomic mass is 9.67. The van der Waals surface area contributed by atoms with Crippen LogP contribution in [0.25, 0.3) is 0 Å². The van der Waals surface area contributed by atoms with Crippen LogP contribution in [0.1, 0.15) is 60.0 Å². The van der Waals surface area contributed by atoms with Crippen molar-refractivity contribution >= 4 is 17.3 Å². The molecule has 1 aromatic rings. The van der Waals surface area contributed by atoms with Gasteiger partial charge in [-0.05, 0) is 32.6 Å². The molecule has 1 aromatic heterocycles. The highest BCUT2D eigenvalue weighted by molar-refractivity contribution is 7.12. The molecular weight excluding hydrogens is 234 g/mol. The Morgan fingerprint density at radius 1 is 1.41 bits per heavy atom. The predicted molar refractivity (Wildman–Crippen MR) is 66.6 cm³/mol. The summed E-state index contributed by atoms with van der Waals surface area (Å²) >= 11 is 1.66. The molecule has 0 radical (unpaired) electrons. The largest absolute Gasteiger partial charge is 0.481 e. The van der Waals surface area contributed by atoms with E-state index in [1.165, 1.54) is 24.3 Å². The molecule has 0 bridgehead atoms. The number of aliphatic carboxylic acids is 1. The molecule has 0 spiro atoms. The Kier molecular flexibility index (Phi) is 2.51. The summed E-state index contributed by atoms with van der Waals surface area (Å²) in [5, 5.41) is 10.6. The van der Waals surface area contributed by atoms with Gasteiger partial charge >= 0.3 is 5.97 Å². The number of carboxylic acid groups (broad SMARTS) is 1. The van der Waals surface area contributed by atoms with E-state index in [4.69, 9.17) is 0 Å². The van der Waals surface area contributed by atoms with Crippen molar-refractivity contribution in [1.82, 2.24) is 4.98 Å². The third-order valence-corrected chi connectivity index (χ3v) is 5.84. The fourth-order valence-corrected chi connectivity index (χ4v) is 4.23. The van der Waals surface area contributed by atoms with E-state index in [9.17, 15) is 9.90 Å². The van der Waals surface area contributed by atoms with Crippen LogP contribution in [-0.2, 0) is 10.2 Å². The minimum Gasteiger partial charge on any atom is -0.481 e. The van der Waals surface area contributed by atoms with Crippen molar-refractivity contribution < 1.29 is 9.90 Å². The first kappa shape index (κ1) is 11.2. The van der Waals surface area contributed by atoms with Gasteiger partial charge in [0.05, 0.1) is 10.7 Å². The van der Waals surface area contributed by atoms with Crippen LogP contribution < -0.4 is 0 Å². The number of aryl methyl sites for hydroxylation is 1. The van der Waals surface area contributed by atoms with E-state index in [2.05, 4.69) is 4.98 Å². The van der Waals surface area contributed by atoms with Crippen molar-refractivity contribution in [3.05, 3.63) is 15.6 Å². The average molecular weight is 251 g/mol. The average Bonchev–Trinajstić information content (AvgIpc) is 2.42. The number of nitrogens with zero attached hydrogens (tertiary/aromatic N) is 1. The number of rotatable bonds is 3. The van der Waals surface area contributed by atoms with Gasteiger partial charge in [0.2, 0.25) is 0 Å². The van der Waals surface area contributed by atoms with Gasteiger partial charge in [-0.15, -0.1) is 11.3 Å². The van der Waals surface area contributed by atoms with Gasteiger partial charge in [0.15, 0.2) is 0 Å². The molecule has 0 aliphatic heterocycles. The second kappa shape index (κ2) is 3.80. The number of carboxylic acids is 1. The number of carbonyl (C=O) groups is 1. The first-order valence-electron chi connectivity index (χ1n) is 6.35. The molecule has 1 N–H and O–H groups in total. The Labute approximate surface area is 105 Å². The second-order valence-electron chi connectivity index (χ2n) is 5.34. The van der Waals surface area contributed by atoms with Crippen LogP contribution in [0.2, 0.25) is 0 Å². The quantitative estimate of drug-likeness (QED) is 0.897. The zero-order valence-electron chi connectivity index (χ0n) is 10.0. The molecule has 3 rings (SSSR count). The van der Waals surface area contributed by atoms with Gasteiger partial charge < -0.3 is 5.11 Å². The molecule has 2 aliphatic rings. The van der Waals surface area contributed by atoms with Gasteiger partial charge in [0, 0.05) is 10.8 Å². The standard InChI is InChI=1S/C13H17NO2S/c1-8-10(13(12(15)16)6-3-7-13)17-11(14-8)9-4-2-5-9/h9H,2-7H2,1H3,(H,15,16). The highest BCUT2D eigenvalue weighted by Gasteiger charge is 2.48. The topological polar surface area (TPSA) is 50.2 Å². The van der Waals surface area contributed by atoms with Crippen LogP contribution in [0.15, 0.2) is 0 Å². The van der Waals surface area contributed by atoms with E-state index in [1.54, 1.807) is 11.3 Å². The molecular formula is C13H17NO2S. The monoisotopic (exact) mass is 251 g/mol. The van der Waals surface area contributed by atoms with Crippen molar-refractivity contribution in [3.8, 4) is 0 Å². The van der Waals surface area contributed by atoms with Crippen LogP contribution >= 0.6 is 11.3 Å². The molecule has 92 valence electrons. The molecule has 0 saturated heterocycles. The van der Waals surface area contributed by atoms with Gasteiger partial charge in [-0.1, -0.05) is 12.8 Å². The lowest BCUT2D eigenvalue weighted by Gasteiger charge is -2.37. The molecule has 0 aromatic carbocycles. The molecule has 3 nitrogen and oxygen atoms in total. The van der Waals surface area contributed by atoms with Crippen molar-refractivity contribution in [2.75, 3.05) is 0 Å². The third-order valence-electron chi connectivity index (χ3n) is 4.32. The summed E-state index contributed by atoms with van der Waals surface area (Å²) in [6.45, 7) is 1.97.